The van der Waals surface area contributed by atoms with Gasteiger partial charge < -0.3 is 4.90 Å². The molecule has 0 unspecified atom stereocenters. The molecule has 3 aliphatic rings. The van der Waals surface area contributed by atoms with E-state index < -0.39 is 0 Å². The second kappa shape index (κ2) is 2.46. The average Bonchev–Trinajstić information content (AvgIpc) is 2.18. The minimum absolute atomic E-state index is 0.862. The van der Waals surface area contributed by atoms with E-state index in [1.165, 1.54) is 16.8 Å². The van der Waals surface area contributed by atoms with Gasteiger partial charge in [0.1, 0.15) is 0 Å². The molecule has 0 radical (unpaired) electrons. The molecule has 0 aliphatic carbocycles. The first kappa shape index (κ1) is 6.89. The molecule has 0 fully saturated rings. The van der Waals surface area contributed by atoms with E-state index in [0.717, 1.165) is 13.0 Å². The summed E-state index contributed by atoms with van der Waals surface area (Å²) in [6.45, 7) is 0.862. The van der Waals surface area contributed by atoms with Gasteiger partial charge in [-0.3, -0.25) is 4.99 Å². The topological polar surface area (TPSA) is 15.6 Å². The van der Waals surface area contributed by atoms with Gasteiger partial charge in [0, 0.05) is 30.7 Å². The Morgan fingerprint density at radius 3 is 3.31 bits per heavy atom. The first-order valence-electron chi connectivity index (χ1n) is 4.49. The third-order valence-corrected chi connectivity index (χ3v) is 2.51. The maximum Gasteiger partial charge on any atom is 0.0626 e. The SMILES string of the molecule is C1=CC2=C3CN=CC(=CN2C=C1)C3. The van der Waals surface area contributed by atoms with Crippen LogP contribution in [0.25, 0.3) is 0 Å². The molecule has 2 nitrogen and oxygen atoms in total. The fourth-order valence-corrected chi connectivity index (χ4v) is 1.92. The van der Waals surface area contributed by atoms with Crippen LogP contribution in [0.15, 0.2) is 52.5 Å². The van der Waals surface area contributed by atoms with E-state index in [2.05, 4.69) is 40.5 Å². The van der Waals surface area contributed by atoms with Crippen molar-refractivity contribution in [2.45, 2.75) is 6.42 Å². The van der Waals surface area contributed by atoms with Crippen LogP contribution in [0.5, 0.6) is 0 Å². The standard InChI is InChI=1S/C11H10N2/c1-2-4-13-8-9-5-10(7-12-6-9)11(13)3-1/h1-4,6,8H,5,7H2. The molecule has 0 spiro atoms. The van der Waals surface area contributed by atoms with E-state index in [-0.39, 0.29) is 0 Å². The molecular weight excluding hydrogens is 160 g/mol. The van der Waals surface area contributed by atoms with E-state index in [1.54, 1.807) is 0 Å². The number of rotatable bonds is 0. The molecule has 2 bridgehead atoms. The maximum absolute atomic E-state index is 4.32. The summed E-state index contributed by atoms with van der Waals surface area (Å²) in [5.41, 5.74) is 4.05. The van der Waals surface area contributed by atoms with Crippen molar-refractivity contribution in [1.29, 1.82) is 0 Å². The Morgan fingerprint density at radius 2 is 2.31 bits per heavy atom. The lowest BCUT2D eigenvalue weighted by atomic mass is 9.97. The Hall–Kier alpha value is -1.57. The summed E-state index contributed by atoms with van der Waals surface area (Å²) in [6, 6.07) is 0. The minimum atomic E-state index is 0.862. The van der Waals surface area contributed by atoms with E-state index >= 15 is 0 Å². The van der Waals surface area contributed by atoms with Crippen LogP contribution in [0, 0.1) is 0 Å². The van der Waals surface area contributed by atoms with Gasteiger partial charge in [0.05, 0.1) is 6.54 Å². The lowest BCUT2D eigenvalue weighted by Crippen LogP contribution is -2.21. The van der Waals surface area contributed by atoms with E-state index in [0.29, 0.717) is 0 Å². The van der Waals surface area contributed by atoms with Crippen LogP contribution in [0.2, 0.25) is 0 Å². The van der Waals surface area contributed by atoms with Crippen molar-refractivity contribution < 1.29 is 0 Å². The molecule has 0 aromatic rings. The quantitative estimate of drug-likeness (QED) is 0.543. The first-order valence-corrected chi connectivity index (χ1v) is 4.49. The molecule has 3 heterocycles. The van der Waals surface area contributed by atoms with Crippen molar-refractivity contribution in [2.75, 3.05) is 6.54 Å². The zero-order valence-electron chi connectivity index (χ0n) is 7.27. The van der Waals surface area contributed by atoms with Gasteiger partial charge in [-0.2, -0.15) is 0 Å². The van der Waals surface area contributed by atoms with Crippen LogP contribution in [-0.2, 0) is 0 Å². The van der Waals surface area contributed by atoms with Gasteiger partial charge in [-0.15, -0.1) is 0 Å². The summed E-state index contributed by atoms with van der Waals surface area (Å²) in [5.74, 6) is 0. The molecule has 64 valence electrons. The zero-order valence-corrected chi connectivity index (χ0v) is 7.27. The third-order valence-electron chi connectivity index (χ3n) is 2.51. The van der Waals surface area contributed by atoms with Gasteiger partial charge in [0.15, 0.2) is 0 Å². The van der Waals surface area contributed by atoms with Crippen LogP contribution in [0.1, 0.15) is 6.42 Å². The van der Waals surface area contributed by atoms with Gasteiger partial charge in [-0.25, -0.2) is 0 Å². The van der Waals surface area contributed by atoms with Crippen molar-refractivity contribution in [2.24, 2.45) is 4.99 Å². The second-order valence-corrected chi connectivity index (χ2v) is 3.45. The number of hydrogen-bond acceptors (Lipinski definition) is 2. The van der Waals surface area contributed by atoms with Gasteiger partial charge in [-0.05, 0) is 23.3 Å². The Labute approximate surface area is 77.3 Å². The number of allylic oxidation sites excluding steroid dienone is 4. The van der Waals surface area contributed by atoms with E-state index in [9.17, 15) is 0 Å². The van der Waals surface area contributed by atoms with Gasteiger partial charge in [0.25, 0.3) is 0 Å². The van der Waals surface area contributed by atoms with Crippen LogP contribution >= 0.6 is 0 Å². The first-order chi connectivity index (χ1) is 6.43. The number of aliphatic imine (C=N–C) groups is 1. The summed E-state index contributed by atoms with van der Waals surface area (Å²) in [7, 11) is 0. The van der Waals surface area contributed by atoms with Crippen LogP contribution < -0.4 is 0 Å². The molecule has 0 aromatic carbocycles. The normalized spacial score (nSPS) is 23.4. The monoisotopic (exact) mass is 170 g/mol. The van der Waals surface area contributed by atoms with Crippen molar-refractivity contribution in [3.05, 3.63) is 47.5 Å². The summed E-state index contributed by atoms with van der Waals surface area (Å²) in [5, 5.41) is 0. The molecule has 2 heteroatoms. The van der Waals surface area contributed by atoms with Crippen LogP contribution in [-0.4, -0.2) is 17.7 Å². The maximum atomic E-state index is 4.32. The molecule has 0 saturated heterocycles. The summed E-state index contributed by atoms with van der Waals surface area (Å²) >= 11 is 0. The predicted molar refractivity (Wildman–Crippen MR) is 53.2 cm³/mol. The fraction of sp³-hybridized carbons (Fsp3) is 0.182. The largest absolute Gasteiger partial charge is 0.324 e. The van der Waals surface area contributed by atoms with Gasteiger partial charge in [0.2, 0.25) is 0 Å². The lowest BCUT2D eigenvalue weighted by Gasteiger charge is -2.29. The fourth-order valence-electron chi connectivity index (χ4n) is 1.92. The second-order valence-electron chi connectivity index (χ2n) is 3.45. The number of fused-ring (bicyclic) bond motifs is 3. The summed E-state index contributed by atoms with van der Waals surface area (Å²) in [4.78, 5) is 6.50. The van der Waals surface area contributed by atoms with Crippen molar-refractivity contribution >= 4 is 6.21 Å². The highest BCUT2D eigenvalue weighted by Gasteiger charge is 2.19. The highest BCUT2D eigenvalue weighted by Crippen LogP contribution is 2.29. The zero-order chi connectivity index (χ0) is 8.67. The summed E-state index contributed by atoms with van der Waals surface area (Å²) < 4.78 is 0. The highest BCUT2D eigenvalue weighted by molar-refractivity contribution is 5.81. The molecule has 0 N–H and O–H groups in total. The van der Waals surface area contributed by atoms with Gasteiger partial charge in [-0.1, -0.05) is 6.08 Å². The molecule has 3 aliphatic heterocycles. The molecule has 13 heavy (non-hydrogen) atoms. The summed E-state index contributed by atoms with van der Waals surface area (Å²) in [6.07, 6.45) is 13.6. The molecule has 0 atom stereocenters. The van der Waals surface area contributed by atoms with Crippen molar-refractivity contribution in [1.82, 2.24) is 4.90 Å². The minimum Gasteiger partial charge on any atom is -0.324 e. The Morgan fingerprint density at radius 1 is 1.31 bits per heavy atom. The van der Waals surface area contributed by atoms with Crippen LogP contribution in [0.4, 0.5) is 0 Å². The molecule has 3 rings (SSSR count). The number of nitrogens with zero attached hydrogens (tertiary/aromatic N) is 2. The molecular formula is C11H10N2. The average molecular weight is 170 g/mol. The smallest absolute Gasteiger partial charge is 0.0626 e. The van der Waals surface area contributed by atoms with Crippen molar-refractivity contribution in [3.8, 4) is 0 Å². The molecule has 0 amide bonds. The predicted octanol–water partition coefficient (Wildman–Crippen LogP) is 2.00. The highest BCUT2D eigenvalue weighted by atomic mass is 15.1. The van der Waals surface area contributed by atoms with Crippen LogP contribution in [0.3, 0.4) is 0 Å². The lowest BCUT2D eigenvalue weighted by molar-refractivity contribution is 0.605. The number of hydrogen-bond donors (Lipinski definition) is 0. The van der Waals surface area contributed by atoms with Gasteiger partial charge >= 0.3 is 0 Å². The molecule has 0 aromatic heterocycles. The Balaban J connectivity index is 2.16. The van der Waals surface area contributed by atoms with E-state index in [1.807, 2.05) is 6.21 Å². The third kappa shape index (κ3) is 0.985. The van der Waals surface area contributed by atoms with Crippen molar-refractivity contribution in [3.63, 3.8) is 0 Å². The Kier molecular flexibility index (Phi) is 1.30. The van der Waals surface area contributed by atoms with E-state index in [4.69, 9.17) is 0 Å². The Bertz CT molecular complexity index is 394. The molecule has 0 saturated carbocycles.